The summed E-state index contributed by atoms with van der Waals surface area (Å²) in [6.45, 7) is 3.91. The minimum Gasteiger partial charge on any atom is -0.338 e. The first-order chi connectivity index (χ1) is 12.9. The van der Waals surface area contributed by atoms with E-state index in [9.17, 15) is 17.8 Å². The van der Waals surface area contributed by atoms with Crippen LogP contribution < -0.4 is 5.32 Å². The molecule has 0 fully saturated rings. The first-order valence-electron chi connectivity index (χ1n) is 11.2. The molecule has 0 aromatic carbocycles. The SMILES string of the molecule is CCCCCCCCCCCCCCCCCC(NC(=O)CC)S(=O)(=O)O. The summed E-state index contributed by atoms with van der Waals surface area (Å²) in [5, 5.41) is 1.22. The highest BCUT2D eigenvalue weighted by atomic mass is 32.2. The van der Waals surface area contributed by atoms with Crippen LogP contribution >= 0.6 is 0 Å². The summed E-state index contributed by atoms with van der Waals surface area (Å²) in [6, 6.07) is 0. The molecule has 0 spiro atoms. The van der Waals surface area contributed by atoms with Crippen LogP contribution in [0, 0.1) is 0 Å². The normalized spacial score (nSPS) is 12.9. The van der Waals surface area contributed by atoms with Crippen molar-refractivity contribution in [1.29, 1.82) is 0 Å². The van der Waals surface area contributed by atoms with E-state index in [1.807, 2.05) is 0 Å². The molecule has 162 valence electrons. The van der Waals surface area contributed by atoms with Crippen LogP contribution in [0.1, 0.15) is 123 Å². The lowest BCUT2D eigenvalue weighted by atomic mass is 10.0. The largest absolute Gasteiger partial charge is 0.338 e. The third kappa shape index (κ3) is 17.2. The molecule has 0 rings (SSSR count). The minimum absolute atomic E-state index is 0.213. The second-order valence-electron chi connectivity index (χ2n) is 7.66. The van der Waals surface area contributed by atoms with Crippen LogP contribution in [-0.4, -0.2) is 24.3 Å². The van der Waals surface area contributed by atoms with E-state index in [0.717, 1.165) is 12.8 Å². The number of rotatable bonds is 19. The summed E-state index contributed by atoms with van der Waals surface area (Å²) >= 11 is 0. The molecule has 27 heavy (non-hydrogen) atoms. The van der Waals surface area contributed by atoms with Crippen molar-refractivity contribution in [3.05, 3.63) is 0 Å². The fourth-order valence-electron chi connectivity index (χ4n) is 3.28. The van der Waals surface area contributed by atoms with Gasteiger partial charge in [0.2, 0.25) is 5.91 Å². The Morgan fingerprint density at radius 3 is 1.44 bits per heavy atom. The molecule has 2 N–H and O–H groups in total. The number of hydrogen-bond acceptors (Lipinski definition) is 3. The molecule has 5 nitrogen and oxygen atoms in total. The second kappa shape index (κ2) is 17.5. The van der Waals surface area contributed by atoms with Crippen molar-refractivity contribution in [2.24, 2.45) is 0 Å². The molecular weight excluding hydrogens is 362 g/mol. The molecule has 1 atom stereocenters. The van der Waals surface area contributed by atoms with Crippen LogP contribution in [-0.2, 0) is 14.9 Å². The summed E-state index contributed by atoms with van der Waals surface area (Å²) < 4.78 is 31.8. The highest BCUT2D eigenvalue weighted by Gasteiger charge is 2.23. The molecule has 0 aromatic heterocycles. The Hall–Kier alpha value is -0.620. The van der Waals surface area contributed by atoms with E-state index in [-0.39, 0.29) is 18.7 Å². The smallest absolute Gasteiger partial charge is 0.286 e. The Bertz CT molecular complexity index is 451. The monoisotopic (exact) mass is 405 g/mol. The molecule has 1 amide bonds. The van der Waals surface area contributed by atoms with Gasteiger partial charge in [0.15, 0.2) is 5.37 Å². The number of unbranched alkanes of at least 4 members (excludes halogenated alkanes) is 14. The van der Waals surface area contributed by atoms with Gasteiger partial charge in [-0.3, -0.25) is 9.35 Å². The van der Waals surface area contributed by atoms with E-state index in [2.05, 4.69) is 12.2 Å². The van der Waals surface area contributed by atoms with Crippen molar-refractivity contribution in [3.8, 4) is 0 Å². The maximum absolute atomic E-state index is 11.3. The predicted octanol–water partition coefficient (Wildman–Crippen LogP) is 5.99. The Balaban J connectivity index is 3.49. The minimum atomic E-state index is -4.22. The van der Waals surface area contributed by atoms with Crippen molar-refractivity contribution in [2.45, 2.75) is 128 Å². The standard InChI is InChI=1S/C21H43NO4S/c1-3-5-6-7-8-9-10-11-12-13-14-15-16-17-18-19-21(27(24,25)26)22-20(23)4-2/h21H,3-19H2,1-2H3,(H,22,23)(H,24,25,26). The lowest BCUT2D eigenvalue weighted by Crippen LogP contribution is -2.40. The van der Waals surface area contributed by atoms with Gasteiger partial charge in [-0.15, -0.1) is 0 Å². The van der Waals surface area contributed by atoms with Crippen molar-refractivity contribution in [2.75, 3.05) is 0 Å². The summed E-state index contributed by atoms with van der Waals surface area (Å²) in [6.07, 6.45) is 19.2. The summed E-state index contributed by atoms with van der Waals surface area (Å²) in [5.41, 5.74) is 0. The maximum atomic E-state index is 11.3. The Morgan fingerprint density at radius 2 is 1.11 bits per heavy atom. The third-order valence-corrected chi connectivity index (χ3v) is 6.15. The van der Waals surface area contributed by atoms with Crippen LogP contribution in [0.5, 0.6) is 0 Å². The van der Waals surface area contributed by atoms with Gasteiger partial charge in [-0.1, -0.05) is 110 Å². The van der Waals surface area contributed by atoms with E-state index in [4.69, 9.17) is 0 Å². The zero-order valence-electron chi connectivity index (χ0n) is 17.7. The molecule has 0 aromatic rings. The summed E-state index contributed by atoms with van der Waals surface area (Å²) in [4.78, 5) is 11.3. The predicted molar refractivity (Wildman–Crippen MR) is 113 cm³/mol. The topological polar surface area (TPSA) is 83.5 Å². The molecule has 0 aliphatic heterocycles. The van der Waals surface area contributed by atoms with Crippen molar-refractivity contribution in [3.63, 3.8) is 0 Å². The van der Waals surface area contributed by atoms with Crippen LogP contribution in [0.4, 0.5) is 0 Å². The number of carbonyl (C=O) groups excluding carboxylic acids is 1. The Kier molecular flexibility index (Phi) is 17.1. The highest BCUT2D eigenvalue weighted by Crippen LogP contribution is 2.14. The molecule has 6 heteroatoms. The first-order valence-corrected chi connectivity index (χ1v) is 12.7. The molecular formula is C21H43NO4S. The lowest BCUT2D eigenvalue weighted by molar-refractivity contribution is -0.121. The number of nitrogens with one attached hydrogen (secondary N) is 1. The average molecular weight is 406 g/mol. The summed E-state index contributed by atoms with van der Waals surface area (Å²) in [7, 11) is -4.22. The molecule has 1 unspecified atom stereocenters. The average Bonchev–Trinajstić information content (AvgIpc) is 2.62. The summed E-state index contributed by atoms with van der Waals surface area (Å²) in [5.74, 6) is -0.349. The van der Waals surface area contributed by atoms with Crippen LogP contribution in [0.25, 0.3) is 0 Å². The lowest BCUT2D eigenvalue weighted by Gasteiger charge is -2.15. The van der Waals surface area contributed by atoms with Gasteiger partial charge in [-0.05, 0) is 6.42 Å². The van der Waals surface area contributed by atoms with Crippen LogP contribution in [0.15, 0.2) is 0 Å². The van der Waals surface area contributed by atoms with Gasteiger partial charge in [0.05, 0.1) is 0 Å². The van der Waals surface area contributed by atoms with E-state index in [1.165, 1.54) is 77.0 Å². The molecule has 0 heterocycles. The van der Waals surface area contributed by atoms with Gasteiger partial charge in [-0.25, -0.2) is 0 Å². The first kappa shape index (κ1) is 26.4. The van der Waals surface area contributed by atoms with Crippen molar-refractivity contribution < 1.29 is 17.8 Å². The maximum Gasteiger partial charge on any atom is 0.286 e. The quantitative estimate of drug-likeness (QED) is 0.204. The second-order valence-corrected chi connectivity index (χ2v) is 9.26. The number of carbonyl (C=O) groups is 1. The zero-order chi connectivity index (χ0) is 20.4. The van der Waals surface area contributed by atoms with E-state index < -0.39 is 15.5 Å². The molecule has 0 aliphatic carbocycles. The molecule has 0 aliphatic rings. The third-order valence-electron chi connectivity index (χ3n) is 5.07. The van der Waals surface area contributed by atoms with E-state index >= 15 is 0 Å². The Labute approximate surface area is 167 Å². The highest BCUT2D eigenvalue weighted by molar-refractivity contribution is 7.86. The van der Waals surface area contributed by atoms with Gasteiger partial charge < -0.3 is 5.32 Å². The van der Waals surface area contributed by atoms with Gasteiger partial charge >= 0.3 is 0 Å². The number of amides is 1. The van der Waals surface area contributed by atoms with Gasteiger partial charge in [0.1, 0.15) is 0 Å². The van der Waals surface area contributed by atoms with Crippen LogP contribution in [0.2, 0.25) is 0 Å². The molecule has 0 saturated carbocycles. The Morgan fingerprint density at radius 1 is 0.741 bits per heavy atom. The fourth-order valence-corrected chi connectivity index (χ4v) is 4.02. The zero-order valence-corrected chi connectivity index (χ0v) is 18.5. The fraction of sp³-hybridized carbons (Fsp3) is 0.952. The van der Waals surface area contributed by atoms with E-state index in [1.54, 1.807) is 6.92 Å². The molecule has 0 radical (unpaired) electrons. The molecule has 0 bridgehead atoms. The van der Waals surface area contributed by atoms with Crippen molar-refractivity contribution >= 4 is 16.0 Å². The number of hydrogen-bond donors (Lipinski definition) is 2. The van der Waals surface area contributed by atoms with Gasteiger partial charge in [-0.2, -0.15) is 8.42 Å². The van der Waals surface area contributed by atoms with Crippen molar-refractivity contribution in [1.82, 2.24) is 5.32 Å². The van der Waals surface area contributed by atoms with Gasteiger partial charge in [0.25, 0.3) is 10.1 Å². The molecule has 0 saturated heterocycles. The van der Waals surface area contributed by atoms with Crippen LogP contribution in [0.3, 0.4) is 0 Å². The van der Waals surface area contributed by atoms with Gasteiger partial charge in [0, 0.05) is 6.42 Å². The van der Waals surface area contributed by atoms with E-state index in [0.29, 0.717) is 6.42 Å².